The van der Waals surface area contributed by atoms with Crippen molar-refractivity contribution >= 4 is 40.8 Å². The van der Waals surface area contributed by atoms with E-state index in [1.807, 2.05) is 30.8 Å². The van der Waals surface area contributed by atoms with Crippen molar-refractivity contribution in [3.8, 4) is 0 Å². The van der Waals surface area contributed by atoms with Crippen LogP contribution in [0.15, 0.2) is 18.2 Å². The summed E-state index contributed by atoms with van der Waals surface area (Å²) in [7, 11) is 0. The molecule has 1 saturated heterocycles. The first kappa shape index (κ1) is 11.4. The van der Waals surface area contributed by atoms with Gasteiger partial charge in [0.15, 0.2) is 0 Å². The van der Waals surface area contributed by atoms with Gasteiger partial charge in [0, 0.05) is 5.69 Å². The van der Waals surface area contributed by atoms with Crippen LogP contribution in [0.1, 0.15) is 24.2 Å². The van der Waals surface area contributed by atoms with Crippen molar-refractivity contribution in [2.75, 3.05) is 5.75 Å². The van der Waals surface area contributed by atoms with Crippen molar-refractivity contribution in [3.63, 3.8) is 0 Å². The first-order valence-electron chi connectivity index (χ1n) is 4.97. The van der Waals surface area contributed by atoms with Crippen LogP contribution in [-0.2, 0) is 4.75 Å². The van der Waals surface area contributed by atoms with Gasteiger partial charge in [0.25, 0.3) is 0 Å². The van der Waals surface area contributed by atoms with Gasteiger partial charge in [-0.25, -0.2) is 0 Å². The van der Waals surface area contributed by atoms with E-state index in [1.54, 1.807) is 0 Å². The molecule has 0 aromatic carbocycles. The Balaban J connectivity index is 2.45. The van der Waals surface area contributed by atoms with Crippen LogP contribution in [0, 0.1) is 6.92 Å². The normalized spacial score (nSPS) is 25.5. The van der Waals surface area contributed by atoms with E-state index in [0.29, 0.717) is 0 Å². The molecular weight excluding hydrogens is 242 g/mol. The summed E-state index contributed by atoms with van der Waals surface area (Å²) in [6, 6.07) is 6.12. The van der Waals surface area contributed by atoms with Crippen LogP contribution in [0.2, 0.25) is 0 Å². The maximum atomic E-state index is 5.30. The molecule has 0 radical (unpaired) electrons. The zero-order valence-electron chi connectivity index (χ0n) is 8.56. The Morgan fingerprint density at radius 1 is 1.60 bits per heavy atom. The Morgan fingerprint density at radius 3 is 2.93 bits per heavy atom. The number of thiocarbonyl (C=S) groups is 1. The minimum Gasteiger partial charge on any atom is -0.256 e. The molecule has 1 aromatic heterocycles. The summed E-state index contributed by atoms with van der Waals surface area (Å²) >= 11 is 11.6. The fraction of sp³-hybridized carbons (Fsp3) is 0.455. The van der Waals surface area contributed by atoms with Gasteiger partial charge in [-0.2, -0.15) is 0 Å². The lowest BCUT2D eigenvalue weighted by Crippen LogP contribution is -2.26. The van der Waals surface area contributed by atoms with Crippen LogP contribution < -0.4 is 0 Å². The Kier molecular flexibility index (Phi) is 3.38. The zero-order valence-corrected chi connectivity index (χ0v) is 11.1. The molecule has 1 aliphatic rings. The smallest absolute Gasteiger partial charge is 0.0986 e. The van der Waals surface area contributed by atoms with Gasteiger partial charge in [0.2, 0.25) is 0 Å². The van der Waals surface area contributed by atoms with Crippen LogP contribution in [0.4, 0.5) is 0 Å². The number of nitrogens with zero attached hydrogens (tertiary/aromatic N) is 1. The largest absolute Gasteiger partial charge is 0.256 e. The lowest BCUT2D eigenvalue weighted by molar-refractivity contribution is 0.730. The summed E-state index contributed by atoms with van der Waals surface area (Å²) in [5.74, 6) is 1.15. The highest BCUT2D eigenvalue weighted by molar-refractivity contribution is 8.15. The van der Waals surface area contributed by atoms with Gasteiger partial charge < -0.3 is 0 Å². The predicted octanol–water partition coefficient (Wildman–Crippen LogP) is 3.37. The molecule has 1 fully saturated rings. The standard InChI is InChI=1S/C11H13NS3/c1-8-4-2-5-9(12-8)11(10(13)14)6-3-7-15-11/h2,4-5H,3,6-7H2,1H3,(H,13,14). The second-order valence-electron chi connectivity index (χ2n) is 3.75. The molecule has 0 aliphatic carbocycles. The molecule has 15 heavy (non-hydrogen) atoms. The average Bonchev–Trinajstić information content (AvgIpc) is 2.67. The van der Waals surface area contributed by atoms with Gasteiger partial charge in [-0.05, 0) is 37.7 Å². The highest BCUT2D eigenvalue weighted by Gasteiger charge is 2.40. The van der Waals surface area contributed by atoms with Crippen molar-refractivity contribution in [2.45, 2.75) is 24.5 Å². The zero-order chi connectivity index (χ0) is 10.9. The molecule has 0 N–H and O–H groups in total. The highest BCUT2D eigenvalue weighted by Crippen LogP contribution is 2.48. The van der Waals surface area contributed by atoms with Crippen LogP contribution in [0.3, 0.4) is 0 Å². The summed E-state index contributed by atoms with van der Waals surface area (Å²) in [6.45, 7) is 2.01. The minimum atomic E-state index is -0.121. The second kappa shape index (κ2) is 4.44. The lowest BCUT2D eigenvalue weighted by Gasteiger charge is -2.26. The van der Waals surface area contributed by atoms with Gasteiger partial charge in [0.05, 0.1) is 14.6 Å². The topological polar surface area (TPSA) is 12.9 Å². The number of rotatable bonds is 2. The van der Waals surface area contributed by atoms with Gasteiger partial charge in [-0.15, -0.1) is 24.4 Å². The number of aromatic nitrogens is 1. The Hall–Kier alpha value is -0.0600. The van der Waals surface area contributed by atoms with Gasteiger partial charge in [0.1, 0.15) is 0 Å². The van der Waals surface area contributed by atoms with Gasteiger partial charge >= 0.3 is 0 Å². The molecule has 2 rings (SSSR count). The molecule has 0 bridgehead atoms. The summed E-state index contributed by atoms with van der Waals surface area (Å²) < 4.78 is 0.646. The molecule has 80 valence electrons. The summed E-state index contributed by atoms with van der Waals surface area (Å²) in [5.41, 5.74) is 2.12. The quantitative estimate of drug-likeness (QED) is 0.643. The third-order valence-corrected chi connectivity index (χ3v) is 5.28. The highest BCUT2D eigenvalue weighted by atomic mass is 32.2. The molecule has 0 spiro atoms. The number of thiol groups is 1. The monoisotopic (exact) mass is 255 g/mol. The summed E-state index contributed by atoms with van der Waals surface area (Å²) in [4.78, 5) is 4.59. The van der Waals surface area contributed by atoms with Crippen LogP contribution >= 0.6 is 36.6 Å². The molecule has 0 saturated carbocycles. The van der Waals surface area contributed by atoms with E-state index in [9.17, 15) is 0 Å². The average molecular weight is 255 g/mol. The van der Waals surface area contributed by atoms with Crippen molar-refractivity contribution in [2.24, 2.45) is 0 Å². The molecule has 1 nitrogen and oxygen atoms in total. The van der Waals surface area contributed by atoms with E-state index < -0.39 is 0 Å². The van der Waals surface area contributed by atoms with E-state index in [0.717, 1.165) is 27.8 Å². The van der Waals surface area contributed by atoms with Crippen LogP contribution in [0.25, 0.3) is 0 Å². The van der Waals surface area contributed by atoms with Gasteiger partial charge in [-0.3, -0.25) is 4.98 Å². The maximum absolute atomic E-state index is 5.30. The fourth-order valence-corrected chi connectivity index (χ4v) is 4.00. The second-order valence-corrected chi connectivity index (χ2v) is 6.30. The number of hydrogen-bond donors (Lipinski definition) is 1. The molecule has 1 aromatic rings. The van der Waals surface area contributed by atoms with E-state index >= 15 is 0 Å². The first-order valence-corrected chi connectivity index (χ1v) is 6.81. The Labute approximate surface area is 105 Å². The van der Waals surface area contributed by atoms with Crippen molar-refractivity contribution in [1.82, 2.24) is 4.98 Å². The van der Waals surface area contributed by atoms with Crippen LogP contribution in [-0.4, -0.2) is 14.9 Å². The molecular formula is C11H13NS3. The predicted molar refractivity (Wildman–Crippen MR) is 73.9 cm³/mol. The molecule has 1 unspecified atom stereocenters. The lowest BCUT2D eigenvalue weighted by atomic mass is 10.0. The molecule has 2 heterocycles. The van der Waals surface area contributed by atoms with Crippen LogP contribution in [0.5, 0.6) is 0 Å². The molecule has 4 heteroatoms. The Morgan fingerprint density at radius 2 is 2.40 bits per heavy atom. The molecule has 1 aliphatic heterocycles. The SMILES string of the molecule is Cc1cccc(C2(C(=S)S)CCCS2)n1. The van der Waals surface area contributed by atoms with E-state index in [-0.39, 0.29) is 4.75 Å². The first-order chi connectivity index (χ1) is 7.15. The summed E-state index contributed by atoms with van der Waals surface area (Å²) in [5, 5.41) is 0. The van der Waals surface area contributed by atoms with E-state index in [1.165, 1.54) is 6.42 Å². The number of pyridine rings is 1. The fourth-order valence-electron chi connectivity index (χ4n) is 1.89. The van der Waals surface area contributed by atoms with Crippen molar-refractivity contribution < 1.29 is 0 Å². The van der Waals surface area contributed by atoms with Gasteiger partial charge in [-0.1, -0.05) is 18.3 Å². The minimum absolute atomic E-state index is 0.121. The molecule has 1 atom stereocenters. The third kappa shape index (κ3) is 2.08. The maximum Gasteiger partial charge on any atom is 0.0986 e. The van der Waals surface area contributed by atoms with E-state index in [4.69, 9.17) is 12.2 Å². The number of aryl methyl sites for hydroxylation is 1. The number of thioether (sulfide) groups is 1. The number of hydrogen-bond acceptors (Lipinski definition) is 3. The Bertz CT molecular complexity index is 383. The van der Waals surface area contributed by atoms with Crippen molar-refractivity contribution in [1.29, 1.82) is 0 Å². The summed E-state index contributed by atoms with van der Waals surface area (Å²) in [6.07, 6.45) is 2.26. The third-order valence-electron chi connectivity index (χ3n) is 2.67. The van der Waals surface area contributed by atoms with E-state index in [2.05, 4.69) is 23.7 Å². The molecule has 0 amide bonds. The van der Waals surface area contributed by atoms with Crippen molar-refractivity contribution in [3.05, 3.63) is 29.6 Å².